The van der Waals surface area contributed by atoms with Gasteiger partial charge in [0.05, 0.1) is 0 Å². The number of hydrogen-bond acceptors (Lipinski definition) is 2. The highest BCUT2D eigenvalue weighted by Gasteiger charge is 2.29. The SMILES string of the molecule is CC(C)(NC(=O)c1cc(F)cc(F)c1)C(=O)O. The maximum Gasteiger partial charge on any atom is 0.328 e. The Labute approximate surface area is 96.3 Å². The van der Waals surface area contributed by atoms with Gasteiger partial charge in [-0.3, -0.25) is 4.79 Å². The lowest BCUT2D eigenvalue weighted by molar-refractivity contribution is -0.143. The van der Waals surface area contributed by atoms with E-state index in [-0.39, 0.29) is 5.56 Å². The molecule has 0 aliphatic carbocycles. The average molecular weight is 243 g/mol. The van der Waals surface area contributed by atoms with Gasteiger partial charge in [0.15, 0.2) is 0 Å². The quantitative estimate of drug-likeness (QED) is 0.846. The molecular weight excluding hydrogens is 232 g/mol. The third kappa shape index (κ3) is 3.24. The van der Waals surface area contributed by atoms with E-state index in [1.54, 1.807) is 0 Å². The lowest BCUT2D eigenvalue weighted by atomic mass is 10.1. The molecule has 0 atom stereocenters. The zero-order valence-electron chi connectivity index (χ0n) is 9.25. The van der Waals surface area contributed by atoms with Crippen molar-refractivity contribution < 1.29 is 23.5 Å². The molecule has 1 aromatic carbocycles. The van der Waals surface area contributed by atoms with Crippen molar-refractivity contribution in [3.8, 4) is 0 Å². The first kappa shape index (κ1) is 13.1. The van der Waals surface area contributed by atoms with Crippen LogP contribution in [0.5, 0.6) is 0 Å². The molecule has 0 spiro atoms. The number of hydrogen-bond donors (Lipinski definition) is 2. The second kappa shape index (κ2) is 4.48. The minimum atomic E-state index is -1.51. The molecule has 92 valence electrons. The van der Waals surface area contributed by atoms with E-state index in [9.17, 15) is 18.4 Å². The zero-order chi connectivity index (χ0) is 13.2. The Morgan fingerprint density at radius 3 is 2.06 bits per heavy atom. The van der Waals surface area contributed by atoms with E-state index in [1.165, 1.54) is 13.8 Å². The summed E-state index contributed by atoms with van der Waals surface area (Å²) in [5.74, 6) is -3.90. The van der Waals surface area contributed by atoms with Crippen LogP contribution in [0.15, 0.2) is 18.2 Å². The van der Waals surface area contributed by atoms with Crippen molar-refractivity contribution in [1.29, 1.82) is 0 Å². The third-order valence-electron chi connectivity index (χ3n) is 2.09. The van der Waals surface area contributed by atoms with Gasteiger partial charge in [0, 0.05) is 11.6 Å². The van der Waals surface area contributed by atoms with Crippen LogP contribution in [0.1, 0.15) is 24.2 Å². The summed E-state index contributed by atoms with van der Waals surface area (Å²) >= 11 is 0. The van der Waals surface area contributed by atoms with Crippen molar-refractivity contribution in [3.63, 3.8) is 0 Å². The highest BCUT2D eigenvalue weighted by molar-refractivity contribution is 5.97. The first-order valence-corrected chi connectivity index (χ1v) is 4.74. The van der Waals surface area contributed by atoms with Gasteiger partial charge in [-0.2, -0.15) is 0 Å². The van der Waals surface area contributed by atoms with Crippen molar-refractivity contribution in [2.45, 2.75) is 19.4 Å². The molecule has 0 fully saturated rings. The highest BCUT2D eigenvalue weighted by Crippen LogP contribution is 2.10. The van der Waals surface area contributed by atoms with Gasteiger partial charge in [0.25, 0.3) is 5.91 Å². The Kier molecular flexibility index (Phi) is 3.45. The Morgan fingerprint density at radius 2 is 1.65 bits per heavy atom. The van der Waals surface area contributed by atoms with Crippen LogP contribution in [-0.4, -0.2) is 22.5 Å². The third-order valence-corrected chi connectivity index (χ3v) is 2.09. The van der Waals surface area contributed by atoms with Crippen LogP contribution >= 0.6 is 0 Å². The van der Waals surface area contributed by atoms with Crippen molar-refractivity contribution in [3.05, 3.63) is 35.4 Å². The fourth-order valence-electron chi connectivity index (χ4n) is 1.09. The number of benzene rings is 1. The first-order chi connectivity index (χ1) is 7.72. The van der Waals surface area contributed by atoms with Crippen LogP contribution in [0.4, 0.5) is 8.78 Å². The predicted octanol–water partition coefficient (Wildman–Crippen LogP) is 1.56. The topological polar surface area (TPSA) is 66.4 Å². The maximum atomic E-state index is 12.8. The molecule has 4 nitrogen and oxygen atoms in total. The van der Waals surface area contributed by atoms with Crippen LogP contribution in [0.25, 0.3) is 0 Å². The summed E-state index contributed by atoms with van der Waals surface area (Å²) in [6, 6.07) is 2.28. The number of halogens is 2. The molecule has 2 N–H and O–H groups in total. The Morgan fingerprint density at radius 1 is 1.18 bits per heavy atom. The van der Waals surface area contributed by atoms with Crippen molar-refractivity contribution >= 4 is 11.9 Å². The van der Waals surface area contributed by atoms with Crippen LogP contribution in [-0.2, 0) is 4.79 Å². The summed E-state index contributed by atoms with van der Waals surface area (Å²) in [5, 5.41) is 10.9. The van der Waals surface area contributed by atoms with Gasteiger partial charge in [-0.25, -0.2) is 13.6 Å². The van der Waals surface area contributed by atoms with Gasteiger partial charge < -0.3 is 10.4 Å². The summed E-state index contributed by atoms with van der Waals surface area (Å²) in [7, 11) is 0. The molecule has 0 aromatic heterocycles. The minimum absolute atomic E-state index is 0.267. The molecule has 0 heterocycles. The first-order valence-electron chi connectivity index (χ1n) is 4.74. The lowest BCUT2D eigenvalue weighted by Crippen LogP contribution is -2.49. The summed E-state index contributed by atoms with van der Waals surface area (Å²) < 4.78 is 25.7. The van der Waals surface area contributed by atoms with Crippen LogP contribution in [0.3, 0.4) is 0 Å². The number of amides is 1. The van der Waals surface area contributed by atoms with E-state index in [1.807, 2.05) is 0 Å². The Balaban J connectivity index is 2.94. The number of carbonyl (C=O) groups excluding carboxylic acids is 1. The molecule has 1 aromatic rings. The maximum absolute atomic E-state index is 12.8. The lowest BCUT2D eigenvalue weighted by Gasteiger charge is -2.20. The number of carboxylic acids is 1. The summed E-state index contributed by atoms with van der Waals surface area (Å²) in [6.07, 6.45) is 0. The Bertz CT molecular complexity index is 452. The molecule has 0 aliphatic rings. The van der Waals surface area contributed by atoms with Crippen LogP contribution in [0.2, 0.25) is 0 Å². The normalized spacial score (nSPS) is 11.1. The number of carboxylic acid groups (broad SMARTS) is 1. The van der Waals surface area contributed by atoms with Crippen molar-refractivity contribution in [1.82, 2.24) is 5.32 Å². The van der Waals surface area contributed by atoms with Gasteiger partial charge in [-0.1, -0.05) is 0 Å². The van der Waals surface area contributed by atoms with Crippen molar-refractivity contribution in [2.75, 3.05) is 0 Å². The fraction of sp³-hybridized carbons (Fsp3) is 0.273. The molecule has 0 saturated heterocycles. The molecule has 1 rings (SSSR count). The molecular formula is C11H11F2NO3. The Hall–Kier alpha value is -1.98. The van der Waals surface area contributed by atoms with Gasteiger partial charge in [0.2, 0.25) is 0 Å². The molecule has 0 aliphatic heterocycles. The van der Waals surface area contributed by atoms with E-state index in [0.717, 1.165) is 12.1 Å². The van der Waals surface area contributed by atoms with Crippen LogP contribution in [0, 0.1) is 11.6 Å². The van der Waals surface area contributed by atoms with Crippen molar-refractivity contribution in [2.24, 2.45) is 0 Å². The molecule has 0 radical (unpaired) electrons. The molecule has 17 heavy (non-hydrogen) atoms. The largest absolute Gasteiger partial charge is 0.480 e. The molecule has 0 saturated carbocycles. The zero-order valence-corrected chi connectivity index (χ0v) is 9.25. The summed E-state index contributed by atoms with van der Waals surface area (Å²) in [4.78, 5) is 22.3. The van der Waals surface area contributed by atoms with E-state index < -0.39 is 29.0 Å². The highest BCUT2D eigenvalue weighted by atomic mass is 19.1. The summed E-state index contributed by atoms with van der Waals surface area (Å²) in [6.45, 7) is 2.53. The molecule has 0 bridgehead atoms. The smallest absolute Gasteiger partial charge is 0.328 e. The predicted molar refractivity (Wildman–Crippen MR) is 55.5 cm³/mol. The van der Waals surface area contributed by atoms with E-state index >= 15 is 0 Å². The van der Waals surface area contributed by atoms with Gasteiger partial charge in [-0.05, 0) is 26.0 Å². The van der Waals surface area contributed by atoms with Gasteiger partial charge in [0.1, 0.15) is 17.2 Å². The van der Waals surface area contributed by atoms with Crippen LogP contribution < -0.4 is 5.32 Å². The second-order valence-corrected chi connectivity index (χ2v) is 4.04. The fourth-order valence-corrected chi connectivity index (χ4v) is 1.09. The molecule has 6 heteroatoms. The summed E-state index contributed by atoms with van der Waals surface area (Å²) in [5.41, 5.74) is -1.78. The standard InChI is InChI=1S/C11H11F2NO3/c1-11(2,10(16)17)14-9(15)6-3-7(12)5-8(13)4-6/h3-5H,1-2H3,(H,14,15)(H,16,17). The molecule has 1 amide bonds. The van der Waals surface area contributed by atoms with E-state index in [2.05, 4.69) is 5.32 Å². The number of aliphatic carboxylic acids is 1. The average Bonchev–Trinajstić information content (AvgIpc) is 2.15. The van der Waals surface area contributed by atoms with Gasteiger partial charge >= 0.3 is 5.97 Å². The van der Waals surface area contributed by atoms with E-state index in [0.29, 0.717) is 6.07 Å². The monoisotopic (exact) mass is 243 g/mol. The molecule has 0 unspecified atom stereocenters. The number of nitrogens with one attached hydrogen (secondary N) is 1. The van der Waals surface area contributed by atoms with Gasteiger partial charge in [-0.15, -0.1) is 0 Å². The number of rotatable bonds is 3. The number of carbonyl (C=O) groups is 2. The van der Waals surface area contributed by atoms with E-state index in [4.69, 9.17) is 5.11 Å². The minimum Gasteiger partial charge on any atom is -0.480 e. The second-order valence-electron chi connectivity index (χ2n) is 4.04.